The summed E-state index contributed by atoms with van der Waals surface area (Å²) >= 11 is 5.72. The van der Waals surface area contributed by atoms with E-state index in [9.17, 15) is 0 Å². The number of rotatable bonds is 1. The summed E-state index contributed by atoms with van der Waals surface area (Å²) < 4.78 is 0. The lowest BCUT2D eigenvalue weighted by molar-refractivity contribution is 1.15. The van der Waals surface area contributed by atoms with Crippen molar-refractivity contribution in [2.24, 2.45) is 0 Å². The molecule has 0 aliphatic heterocycles. The van der Waals surface area contributed by atoms with Crippen molar-refractivity contribution in [1.29, 1.82) is 0 Å². The summed E-state index contributed by atoms with van der Waals surface area (Å²) in [5, 5.41) is 0.427. The number of pyridine rings is 1. The quantitative estimate of drug-likeness (QED) is 0.649. The lowest BCUT2D eigenvalue weighted by atomic mass is 10.3. The molecule has 64 valence electrons. The van der Waals surface area contributed by atoms with Gasteiger partial charge in [-0.15, -0.1) is 0 Å². The van der Waals surface area contributed by atoms with E-state index < -0.39 is 0 Å². The maximum Gasteiger partial charge on any atom is 0.133 e. The van der Waals surface area contributed by atoms with Crippen molar-refractivity contribution in [3.63, 3.8) is 0 Å². The highest BCUT2D eigenvalue weighted by Gasteiger charge is 1.99. The first-order valence-corrected chi connectivity index (χ1v) is 4.13. The van der Waals surface area contributed by atoms with Crippen molar-refractivity contribution in [3.8, 4) is 11.4 Å². The van der Waals surface area contributed by atoms with E-state index in [0.29, 0.717) is 5.15 Å². The van der Waals surface area contributed by atoms with Gasteiger partial charge in [0.2, 0.25) is 0 Å². The Morgan fingerprint density at radius 1 is 1.00 bits per heavy atom. The van der Waals surface area contributed by atoms with Crippen molar-refractivity contribution in [2.75, 3.05) is 0 Å². The molecule has 0 fully saturated rings. The van der Waals surface area contributed by atoms with Crippen molar-refractivity contribution in [1.82, 2.24) is 15.0 Å². The Morgan fingerprint density at radius 3 is 2.62 bits per heavy atom. The van der Waals surface area contributed by atoms with E-state index in [1.54, 1.807) is 12.3 Å². The number of hydrogen-bond acceptors (Lipinski definition) is 3. The average molecular weight is 192 g/mol. The van der Waals surface area contributed by atoms with Crippen LogP contribution >= 0.6 is 11.6 Å². The Morgan fingerprint density at radius 2 is 1.92 bits per heavy atom. The van der Waals surface area contributed by atoms with E-state index in [4.69, 9.17) is 11.6 Å². The summed E-state index contributed by atoms with van der Waals surface area (Å²) in [4.78, 5) is 12.0. The van der Waals surface area contributed by atoms with E-state index in [1.165, 1.54) is 6.33 Å². The zero-order chi connectivity index (χ0) is 9.10. The minimum Gasteiger partial charge on any atom is -0.255 e. The van der Waals surface area contributed by atoms with Gasteiger partial charge in [-0.3, -0.25) is 4.98 Å². The zero-order valence-electron chi connectivity index (χ0n) is 6.68. The van der Waals surface area contributed by atoms with E-state index in [2.05, 4.69) is 15.0 Å². The number of halogens is 1. The fourth-order valence-corrected chi connectivity index (χ4v) is 1.13. The Balaban J connectivity index is 2.48. The molecule has 0 spiro atoms. The van der Waals surface area contributed by atoms with Gasteiger partial charge in [0.05, 0.1) is 11.4 Å². The molecule has 0 N–H and O–H groups in total. The van der Waals surface area contributed by atoms with Gasteiger partial charge in [-0.1, -0.05) is 17.7 Å². The van der Waals surface area contributed by atoms with Crippen molar-refractivity contribution >= 4 is 11.6 Å². The smallest absolute Gasteiger partial charge is 0.133 e. The van der Waals surface area contributed by atoms with Crippen LogP contribution in [0.1, 0.15) is 0 Å². The van der Waals surface area contributed by atoms with Gasteiger partial charge >= 0.3 is 0 Å². The van der Waals surface area contributed by atoms with Crippen molar-refractivity contribution in [3.05, 3.63) is 41.9 Å². The van der Waals surface area contributed by atoms with Crippen LogP contribution in [-0.2, 0) is 0 Å². The second-order valence-electron chi connectivity index (χ2n) is 2.44. The van der Waals surface area contributed by atoms with Crippen LogP contribution < -0.4 is 0 Å². The Labute approximate surface area is 80.5 Å². The highest BCUT2D eigenvalue weighted by molar-refractivity contribution is 6.29. The Bertz CT molecular complexity index is 403. The van der Waals surface area contributed by atoms with Crippen LogP contribution in [0.5, 0.6) is 0 Å². The molecule has 0 radical (unpaired) electrons. The largest absolute Gasteiger partial charge is 0.255 e. The molecule has 0 saturated heterocycles. The summed E-state index contributed by atoms with van der Waals surface area (Å²) in [6.07, 6.45) is 3.14. The molecule has 0 bridgehead atoms. The predicted octanol–water partition coefficient (Wildman–Crippen LogP) is 2.19. The van der Waals surface area contributed by atoms with Gasteiger partial charge in [-0.05, 0) is 12.1 Å². The van der Waals surface area contributed by atoms with Gasteiger partial charge in [0.15, 0.2) is 0 Å². The molecule has 0 saturated carbocycles. The van der Waals surface area contributed by atoms with E-state index >= 15 is 0 Å². The van der Waals surface area contributed by atoms with Gasteiger partial charge < -0.3 is 0 Å². The van der Waals surface area contributed by atoms with E-state index in [1.807, 2.05) is 18.2 Å². The van der Waals surface area contributed by atoms with Crippen LogP contribution in [0, 0.1) is 0 Å². The Kier molecular flexibility index (Phi) is 2.19. The molecular formula is C9H6ClN3. The maximum atomic E-state index is 5.72. The molecule has 0 aliphatic rings. The molecule has 0 atom stereocenters. The van der Waals surface area contributed by atoms with Gasteiger partial charge in [-0.25, -0.2) is 9.97 Å². The van der Waals surface area contributed by atoms with Crippen LogP contribution in [0.15, 0.2) is 36.8 Å². The van der Waals surface area contributed by atoms with Crippen LogP contribution in [0.3, 0.4) is 0 Å². The maximum absolute atomic E-state index is 5.72. The molecule has 4 heteroatoms. The van der Waals surface area contributed by atoms with Crippen molar-refractivity contribution in [2.45, 2.75) is 0 Å². The van der Waals surface area contributed by atoms with E-state index in [-0.39, 0.29) is 0 Å². The number of nitrogens with zero attached hydrogens (tertiary/aromatic N) is 3. The Hall–Kier alpha value is -1.48. The minimum atomic E-state index is 0.427. The fraction of sp³-hybridized carbons (Fsp3) is 0. The highest BCUT2D eigenvalue weighted by Crippen LogP contribution is 2.15. The molecular weight excluding hydrogens is 186 g/mol. The van der Waals surface area contributed by atoms with Gasteiger partial charge in [0, 0.05) is 12.3 Å². The van der Waals surface area contributed by atoms with Crippen molar-refractivity contribution < 1.29 is 0 Å². The summed E-state index contributed by atoms with van der Waals surface area (Å²) in [7, 11) is 0. The molecule has 0 amide bonds. The topological polar surface area (TPSA) is 38.7 Å². The summed E-state index contributed by atoms with van der Waals surface area (Å²) in [5.41, 5.74) is 1.53. The normalized spacial score (nSPS) is 9.92. The van der Waals surface area contributed by atoms with Crippen LogP contribution in [0.2, 0.25) is 5.15 Å². The molecule has 2 rings (SSSR count). The SMILES string of the molecule is Clc1cc(-c2ccccn2)ncn1. The second kappa shape index (κ2) is 3.49. The van der Waals surface area contributed by atoms with Gasteiger partial charge in [0.25, 0.3) is 0 Å². The molecule has 13 heavy (non-hydrogen) atoms. The third-order valence-electron chi connectivity index (χ3n) is 1.56. The van der Waals surface area contributed by atoms with Crippen LogP contribution in [0.25, 0.3) is 11.4 Å². The third-order valence-corrected chi connectivity index (χ3v) is 1.77. The number of aromatic nitrogens is 3. The lowest BCUT2D eigenvalue weighted by Gasteiger charge is -1.97. The third kappa shape index (κ3) is 1.81. The van der Waals surface area contributed by atoms with E-state index in [0.717, 1.165) is 11.4 Å². The predicted molar refractivity (Wildman–Crippen MR) is 50.3 cm³/mol. The molecule has 0 aliphatic carbocycles. The molecule has 2 heterocycles. The molecule has 3 nitrogen and oxygen atoms in total. The zero-order valence-corrected chi connectivity index (χ0v) is 7.44. The van der Waals surface area contributed by atoms with Gasteiger partial charge in [0.1, 0.15) is 11.5 Å². The first-order valence-electron chi connectivity index (χ1n) is 3.75. The monoisotopic (exact) mass is 191 g/mol. The highest BCUT2D eigenvalue weighted by atomic mass is 35.5. The first kappa shape index (κ1) is 8.13. The summed E-state index contributed by atoms with van der Waals surface area (Å²) in [6, 6.07) is 7.31. The van der Waals surface area contributed by atoms with Crippen LogP contribution in [0.4, 0.5) is 0 Å². The molecule has 0 aromatic carbocycles. The second-order valence-corrected chi connectivity index (χ2v) is 2.83. The number of hydrogen-bond donors (Lipinski definition) is 0. The lowest BCUT2D eigenvalue weighted by Crippen LogP contribution is -1.87. The molecule has 0 unspecified atom stereocenters. The standard InChI is InChI=1S/C9H6ClN3/c10-9-5-8(12-6-13-9)7-3-1-2-4-11-7/h1-6H. The van der Waals surface area contributed by atoms with Crippen LogP contribution in [-0.4, -0.2) is 15.0 Å². The summed E-state index contributed by atoms with van der Waals surface area (Å²) in [6.45, 7) is 0. The fourth-order valence-electron chi connectivity index (χ4n) is 0.988. The summed E-state index contributed by atoms with van der Waals surface area (Å²) in [5.74, 6) is 0. The molecule has 2 aromatic rings. The first-order chi connectivity index (χ1) is 6.36. The van der Waals surface area contributed by atoms with Gasteiger partial charge in [-0.2, -0.15) is 0 Å². The average Bonchev–Trinajstić information content (AvgIpc) is 2.19. The molecule has 2 aromatic heterocycles. The minimum absolute atomic E-state index is 0.427.